The first-order chi connectivity index (χ1) is 11.9. The summed E-state index contributed by atoms with van der Waals surface area (Å²) in [6.07, 6.45) is 0. The van der Waals surface area contributed by atoms with E-state index >= 15 is 0 Å². The highest BCUT2D eigenvalue weighted by Gasteiger charge is 2.30. The summed E-state index contributed by atoms with van der Waals surface area (Å²) in [4.78, 5) is 27.8. The van der Waals surface area contributed by atoms with Crippen molar-refractivity contribution in [2.24, 2.45) is 0 Å². The molecule has 25 heavy (non-hydrogen) atoms. The zero-order valence-electron chi connectivity index (χ0n) is 13.0. The van der Waals surface area contributed by atoms with Crippen molar-refractivity contribution in [3.8, 4) is 0 Å². The molecule has 1 fully saturated rings. The second-order valence-corrected chi connectivity index (χ2v) is 6.76. The Kier molecular flexibility index (Phi) is 5.37. The fourth-order valence-corrected chi connectivity index (χ4v) is 2.96. The molecule has 1 N–H and O–H groups in total. The standard InChI is InChI=1S/C17H14Cl3N3O2/c18-11-1-4-13(5-2-11)23-8-7-22(17(23)25)10-16(24)21-12-3-6-14(19)15(20)9-12/h1-6,9H,7-8,10H2,(H,21,24). The second kappa shape index (κ2) is 7.52. The Morgan fingerprint density at radius 3 is 2.40 bits per heavy atom. The van der Waals surface area contributed by atoms with Gasteiger partial charge in [-0.15, -0.1) is 0 Å². The molecule has 0 atom stereocenters. The lowest BCUT2D eigenvalue weighted by atomic mass is 10.3. The number of hydrogen-bond donors (Lipinski definition) is 1. The SMILES string of the molecule is O=C(CN1CCN(c2ccc(Cl)cc2)C1=O)Nc1ccc(Cl)c(Cl)c1. The average molecular weight is 399 g/mol. The smallest absolute Gasteiger partial charge is 0.324 e. The highest BCUT2D eigenvalue weighted by atomic mass is 35.5. The third-order valence-electron chi connectivity index (χ3n) is 3.77. The molecule has 0 aromatic heterocycles. The van der Waals surface area contributed by atoms with Gasteiger partial charge < -0.3 is 10.2 Å². The number of nitrogens with zero attached hydrogens (tertiary/aromatic N) is 2. The van der Waals surface area contributed by atoms with E-state index in [-0.39, 0.29) is 18.5 Å². The van der Waals surface area contributed by atoms with E-state index in [0.29, 0.717) is 33.8 Å². The van der Waals surface area contributed by atoms with Gasteiger partial charge in [0.05, 0.1) is 10.0 Å². The molecular formula is C17H14Cl3N3O2. The van der Waals surface area contributed by atoms with Crippen LogP contribution in [0.1, 0.15) is 0 Å². The molecule has 130 valence electrons. The first-order valence-corrected chi connectivity index (χ1v) is 8.64. The van der Waals surface area contributed by atoms with Crippen LogP contribution in [0, 0.1) is 0 Å². The number of amides is 3. The number of halogens is 3. The van der Waals surface area contributed by atoms with Gasteiger partial charge in [-0.3, -0.25) is 9.69 Å². The van der Waals surface area contributed by atoms with Crippen molar-refractivity contribution in [2.45, 2.75) is 0 Å². The summed E-state index contributed by atoms with van der Waals surface area (Å²) >= 11 is 17.6. The molecular weight excluding hydrogens is 385 g/mol. The molecule has 1 saturated heterocycles. The summed E-state index contributed by atoms with van der Waals surface area (Å²) in [5.41, 5.74) is 1.28. The number of benzene rings is 2. The van der Waals surface area contributed by atoms with Gasteiger partial charge >= 0.3 is 6.03 Å². The third-order valence-corrected chi connectivity index (χ3v) is 4.76. The van der Waals surface area contributed by atoms with Gasteiger partial charge in [0.25, 0.3) is 0 Å². The molecule has 0 unspecified atom stereocenters. The third kappa shape index (κ3) is 4.18. The van der Waals surface area contributed by atoms with E-state index in [2.05, 4.69) is 5.32 Å². The lowest BCUT2D eigenvalue weighted by molar-refractivity contribution is -0.116. The highest BCUT2D eigenvalue weighted by molar-refractivity contribution is 6.42. The molecule has 0 spiro atoms. The van der Waals surface area contributed by atoms with Gasteiger partial charge in [0, 0.05) is 29.5 Å². The zero-order valence-corrected chi connectivity index (χ0v) is 15.3. The van der Waals surface area contributed by atoms with Crippen LogP contribution in [0.5, 0.6) is 0 Å². The molecule has 1 aliphatic rings. The first kappa shape index (κ1) is 17.9. The van der Waals surface area contributed by atoms with Crippen LogP contribution in [-0.4, -0.2) is 36.5 Å². The largest absolute Gasteiger partial charge is 0.325 e. The molecule has 5 nitrogen and oxygen atoms in total. The molecule has 2 aromatic carbocycles. The van der Waals surface area contributed by atoms with Gasteiger partial charge in [-0.2, -0.15) is 0 Å². The van der Waals surface area contributed by atoms with Crippen LogP contribution in [0.25, 0.3) is 0 Å². The van der Waals surface area contributed by atoms with E-state index in [9.17, 15) is 9.59 Å². The van der Waals surface area contributed by atoms with Crippen LogP contribution < -0.4 is 10.2 Å². The van der Waals surface area contributed by atoms with Gasteiger partial charge in [-0.25, -0.2) is 4.79 Å². The Morgan fingerprint density at radius 2 is 1.72 bits per heavy atom. The molecule has 0 radical (unpaired) electrons. The number of carbonyl (C=O) groups is 2. The second-order valence-electron chi connectivity index (χ2n) is 5.51. The summed E-state index contributed by atoms with van der Waals surface area (Å²) in [5.74, 6) is -0.301. The Morgan fingerprint density at radius 1 is 1.00 bits per heavy atom. The molecule has 3 amide bonds. The zero-order chi connectivity index (χ0) is 18.0. The van der Waals surface area contributed by atoms with Crippen LogP contribution in [-0.2, 0) is 4.79 Å². The summed E-state index contributed by atoms with van der Waals surface area (Å²) in [6.45, 7) is 0.944. The minimum atomic E-state index is -0.301. The molecule has 2 aromatic rings. The normalized spacial score (nSPS) is 14.1. The number of hydrogen-bond acceptors (Lipinski definition) is 2. The number of nitrogens with one attached hydrogen (secondary N) is 1. The van der Waals surface area contributed by atoms with Crippen LogP contribution in [0.3, 0.4) is 0 Å². The van der Waals surface area contributed by atoms with E-state index in [0.717, 1.165) is 5.69 Å². The maximum absolute atomic E-state index is 12.5. The lowest BCUT2D eigenvalue weighted by Crippen LogP contribution is -2.37. The van der Waals surface area contributed by atoms with Crippen LogP contribution >= 0.6 is 34.8 Å². The Bertz CT molecular complexity index is 811. The van der Waals surface area contributed by atoms with Crippen molar-refractivity contribution in [2.75, 3.05) is 29.9 Å². The van der Waals surface area contributed by atoms with Crippen molar-refractivity contribution < 1.29 is 9.59 Å². The van der Waals surface area contributed by atoms with E-state index < -0.39 is 0 Å². The average Bonchev–Trinajstić information content (AvgIpc) is 2.93. The van der Waals surface area contributed by atoms with Gasteiger partial charge in [0.2, 0.25) is 5.91 Å². The van der Waals surface area contributed by atoms with E-state index in [1.54, 1.807) is 47.4 Å². The predicted molar refractivity (Wildman–Crippen MR) is 101 cm³/mol. The maximum Gasteiger partial charge on any atom is 0.325 e. The molecule has 0 aliphatic carbocycles. The van der Waals surface area contributed by atoms with E-state index in [1.165, 1.54) is 4.90 Å². The van der Waals surface area contributed by atoms with Gasteiger partial charge in [0.1, 0.15) is 6.54 Å². The van der Waals surface area contributed by atoms with Gasteiger partial charge in [0.15, 0.2) is 0 Å². The Labute approximate surface area is 160 Å². The first-order valence-electron chi connectivity index (χ1n) is 7.51. The summed E-state index contributed by atoms with van der Waals surface area (Å²) in [5, 5.41) is 4.08. The Hall–Kier alpha value is -1.95. The number of anilines is 2. The van der Waals surface area contributed by atoms with Crippen LogP contribution in [0.2, 0.25) is 15.1 Å². The summed E-state index contributed by atoms with van der Waals surface area (Å²) in [7, 11) is 0. The topological polar surface area (TPSA) is 52.7 Å². The summed E-state index contributed by atoms with van der Waals surface area (Å²) in [6, 6.07) is 11.6. The number of urea groups is 1. The highest BCUT2D eigenvalue weighted by Crippen LogP contribution is 2.25. The predicted octanol–water partition coefficient (Wildman–Crippen LogP) is 4.53. The van der Waals surface area contributed by atoms with E-state index in [4.69, 9.17) is 34.8 Å². The quantitative estimate of drug-likeness (QED) is 0.823. The molecule has 1 aliphatic heterocycles. The number of rotatable bonds is 4. The minimum absolute atomic E-state index is 0.0385. The maximum atomic E-state index is 12.5. The fraction of sp³-hybridized carbons (Fsp3) is 0.176. The molecule has 0 bridgehead atoms. The van der Waals surface area contributed by atoms with E-state index in [1.807, 2.05) is 0 Å². The van der Waals surface area contributed by atoms with Crippen LogP contribution in [0.4, 0.5) is 16.2 Å². The van der Waals surface area contributed by atoms with Crippen molar-refractivity contribution in [3.05, 3.63) is 57.5 Å². The molecule has 8 heteroatoms. The lowest BCUT2D eigenvalue weighted by Gasteiger charge is -2.18. The fourth-order valence-electron chi connectivity index (χ4n) is 2.54. The van der Waals surface area contributed by atoms with Crippen molar-refractivity contribution in [1.29, 1.82) is 0 Å². The van der Waals surface area contributed by atoms with Crippen molar-refractivity contribution >= 4 is 58.1 Å². The van der Waals surface area contributed by atoms with Crippen molar-refractivity contribution in [1.82, 2.24) is 4.90 Å². The summed E-state index contributed by atoms with van der Waals surface area (Å²) < 4.78 is 0. The molecule has 0 saturated carbocycles. The Balaban J connectivity index is 1.61. The van der Waals surface area contributed by atoms with Gasteiger partial charge in [-0.1, -0.05) is 34.8 Å². The van der Waals surface area contributed by atoms with Crippen LogP contribution in [0.15, 0.2) is 42.5 Å². The monoisotopic (exact) mass is 397 g/mol. The van der Waals surface area contributed by atoms with Crippen molar-refractivity contribution in [3.63, 3.8) is 0 Å². The molecule has 3 rings (SSSR count). The minimum Gasteiger partial charge on any atom is -0.324 e. The van der Waals surface area contributed by atoms with Gasteiger partial charge in [-0.05, 0) is 42.5 Å². The molecule has 1 heterocycles. The number of carbonyl (C=O) groups excluding carboxylic acids is 2.